The molecule has 0 bridgehead atoms. The number of anilines is 1. The standard InChI is InChI=1S/C18H20F3N7/c19-18(20,21)13-10-12(4-5-14(13)27-9-8-24-11-27)28-16(23)25-15(22)26-17(28)6-2-1-3-7-17/h4-5,8-11H,1-3,6-7H2,(H4,22,23,25,26). The number of aliphatic imine (C=N–C) groups is 2. The molecule has 2 heterocycles. The van der Waals surface area contributed by atoms with Gasteiger partial charge in [0.1, 0.15) is 5.66 Å². The van der Waals surface area contributed by atoms with Gasteiger partial charge in [0.25, 0.3) is 0 Å². The van der Waals surface area contributed by atoms with Gasteiger partial charge in [0.05, 0.1) is 17.6 Å². The molecule has 2 aliphatic rings. The maximum absolute atomic E-state index is 13.8. The van der Waals surface area contributed by atoms with E-state index in [-0.39, 0.29) is 23.3 Å². The molecule has 2 aromatic rings. The van der Waals surface area contributed by atoms with Gasteiger partial charge >= 0.3 is 6.18 Å². The fraction of sp³-hybridized carbons (Fsp3) is 0.389. The lowest BCUT2D eigenvalue weighted by Crippen LogP contribution is -2.58. The van der Waals surface area contributed by atoms with E-state index in [4.69, 9.17) is 11.5 Å². The molecule has 1 fully saturated rings. The van der Waals surface area contributed by atoms with E-state index in [9.17, 15) is 13.2 Å². The number of alkyl halides is 3. The molecule has 1 aromatic carbocycles. The minimum atomic E-state index is -4.56. The predicted octanol–water partition coefficient (Wildman–Crippen LogP) is 3.00. The molecule has 10 heteroatoms. The maximum atomic E-state index is 13.8. The highest BCUT2D eigenvalue weighted by Gasteiger charge is 2.43. The smallest absolute Gasteiger partial charge is 0.369 e. The molecule has 1 saturated carbocycles. The Hall–Kier alpha value is -3.04. The molecule has 4 rings (SSSR count). The lowest BCUT2D eigenvalue weighted by Gasteiger charge is -2.45. The summed E-state index contributed by atoms with van der Waals surface area (Å²) in [6, 6.07) is 4.09. The van der Waals surface area contributed by atoms with Crippen LogP contribution in [0.3, 0.4) is 0 Å². The molecule has 7 nitrogen and oxygen atoms in total. The average Bonchev–Trinajstić information content (AvgIpc) is 3.15. The molecule has 0 saturated heterocycles. The van der Waals surface area contributed by atoms with E-state index in [2.05, 4.69) is 15.0 Å². The minimum absolute atomic E-state index is 0.0121. The number of nitrogens with two attached hydrogens (primary N) is 2. The van der Waals surface area contributed by atoms with Crippen LogP contribution < -0.4 is 16.4 Å². The van der Waals surface area contributed by atoms with Crippen molar-refractivity contribution in [3.05, 3.63) is 42.5 Å². The second-order valence-electron chi connectivity index (χ2n) is 6.99. The second kappa shape index (κ2) is 6.54. The fourth-order valence-electron chi connectivity index (χ4n) is 4.01. The van der Waals surface area contributed by atoms with Gasteiger partial charge in [-0.2, -0.15) is 18.2 Å². The third kappa shape index (κ3) is 3.08. The Labute approximate surface area is 159 Å². The van der Waals surface area contributed by atoms with Crippen molar-refractivity contribution in [3.8, 4) is 5.69 Å². The summed E-state index contributed by atoms with van der Waals surface area (Å²) in [7, 11) is 0. The highest BCUT2D eigenvalue weighted by molar-refractivity contribution is 6.05. The number of halogens is 3. The van der Waals surface area contributed by atoms with Crippen molar-refractivity contribution in [2.75, 3.05) is 4.90 Å². The molecule has 0 radical (unpaired) electrons. The number of aromatic nitrogens is 2. The van der Waals surface area contributed by atoms with Gasteiger partial charge < -0.3 is 16.0 Å². The van der Waals surface area contributed by atoms with Crippen molar-refractivity contribution in [1.82, 2.24) is 9.55 Å². The Balaban J connectivity index is 1.85. The number of nitrogens with zero attached hydrogens (tertiary/aromatic N) is 5. The normalized spacial score (nSPS) is 19.5. The first-order valence-corrected chi connectivity index (χ1v) is 8.99. The van der Waals surface area contributed by atoms with E-state index in [1.165, 1.54) is 29.4 Å². The van der Waals surface area contributed by atoms with Crippen LogP contribution in [-0.2, 0) is 6.18 Å². The molecule has 0 unspecified atom stereocenters. The van der Waals surface area contributed by atoms with Gasteiger partial charge in [0.2, 0.25) is 11.9 Å². The summed E-state index contributed by atoms with van der Waals surface area (Å²) in [5.41, 5.74) is 10.6. The van der Waals surface area contributed by atoms with Gasteiger partial charge in [0.15, 0.2) is 0 Å². The molecular formula is C18H20F3N7. The Kier molecular flexibility index (Phi) is 4.28. The van der Waals surface area contributed by atoms with Crippen molar-refractivity contribution in [1.29, 1.82) is 0 Å². The maximum Gasteiger partial charge on any atom is 0.418 e. The molecule has 1 aliphatic carbocycles. The van der Waals surface area contributed by atoms with Gasteiger partial charge in [-0.05, 0) is 43.9 Å². The van der Waals surface area contributed by atoms with Crippen molar-refractivity contribution in [2.24, 2.45) is 21.5 Å². The van der Waals surface area contributed by atoms with Gasteiger partial charge in [-0.25, -0.2) is 9.98 Å². The van der Waals surface area contributed by atoms with Crippen LogP contribution in [0.4, 0.5) is 18.9 Å². The number of hydrogen-bond acceptors (Lipinski definition) is 6. The number of imidazole rings is 1. The second-order valence-corrected chi connectivity index (χ2v) is 6.99. The van der Waals surface area contributed by atoms with Gasteiger partial charge in [-0.1, -0.05) is 6.42 Å². The van der Waals surface area contributed by atoms with E-state index in [0.717, 1.165) is 25.3 Å². The van der Waals surface area contributed by atoms with E-state index in [1.807, 2.05) is 0 Å². The molecule has 4 N–H and O–H groups in total. The van der Waals surface area contributed by atoms with Crippen LogP contribution in [0, 0.1) is 0 Å². The van der Waals surface area contributed by atoms with E-state index < -0.39 is 17.4 Å². The quantitative estimate of drug-likeness (QED) is 0.822. The molecule has 28 heavy (non-hydrogen) atoms. The molecule has 1 aliphatic heterocycles. The first kappa shape index (κ1) is 18.3. The first-order valence-electron chi connectivity index (χ1n) is 8.99. The topological polar surface area (TPSA) is 97.8 Å². The number of hydrogen-bond donors (Lipinski definition) is 2. The zero-order valence-electron chi connectivity index (χ0n) is 15.0. The van der Waals surface area contributed by atoms with Crippen LogP contribution in [0.2, 0.25) is 0 Å². The largest absolute Gasteiger partial charge is 0.418 e. The minimum Gasteiger partial charge on any atom is -0.369 e. The SMILES string of the molecule is NC1=NC2(CCCCC2)N(c2ccc(-n3ccnc3)c(C(F)(F)F)c2)C(N)=N1. The Bertz CT molecular complexity index is 925. The summed E-state index contributed by atoms with van der Waals surface area (Å²) in [6.45, 7) is 0. The zero-order valence-corrected chi connectivity index (χ0v) is 15.0. The summed E-state index contributed by atoms with van der Waals surface area (Å²) < 4.78 is 42.8. The van der Waals surface area contributed by atoms with Crippen molar-refractivity contribution in [2.45, 2.75) is 43.9 Å². The van der Waals surface area contributed by atoms with Crippen molar-refractivity contribution >= 4 is 17.6 Å². The Morgan fingerprint density at radius 3 is 2.46 bits per heavy atom. The van der Waals surface area contributed by atoms with Crippen LogP contribution in [0.1, 0.15) is 37.7 Å². The summed E-state index contributed by atoms with van der Waals surface area (Å²) in [4.78, 5) is 13.9. The zero-order chi connectivity index (χ0) is 19.9. The Morgan fingerprint density at radius 1 is 1.07 bits per heavy atom. The summed E-state index contributed by atoms with van der Waals surface area (Å²) in [6.07, 6.45) is 3.78. The third-order valence-electron chi connectivity index (χ3n) is 5.18. The van der Waals surface area contributed by atoms with Gasteiger partial charge in [-0.15, -0.1) is 0 Å². The molecule has 0 amide bonds. The summed E-state index contributed by atoms with van der Waals surface area (Å²) in [5.74, 6) is 0.111. The predicted molar refractivity (Wildman–Crippen MR) is 100 cm³/mol. The van der Waals surface area contributed by atoms with E-state index >= 15 is 0 Å². The molecule has 1 spiro atoms. The lowest BCUT2D eigenvalue weighted by atomic mass is 9.87. The number of rotatable bonds is 2. The monoisotopic (exact) mass is 391 g/mol. The number of benzene rings is 1. The molecule has 1 aromatic heterocycles. The molecular weight excluding hydrogens is 371 g/mol. The van der Waals surface area contributed by atoms with Crippen molar-refractivity contribution < 1.29 is 13.2 Å². The third-order valence-corrected chi connectivity index (χ3v) is 5.18. The van der Waals surface area contributed by atoms with Crippen LogP contribution in [0.15, 0.2) is 46.9 Å². The summed E-state index contributed by atoms with van der Waals surface area (Å²) in [5, 5.41) is 0. The summed E-state index contributed by atoms with van der Waals surface area (Å²) >= 11 is 0. The van der Waals surface area contributed by atoms with Crippen LogP contribution >= 0.6 is 0 Å². The van der Waals surface area contributed by atoms with Crippen molar-refractivity contribution in [3.63, 3.8) is 0 Å². The highest BCUT2D eigenvalue weighted by Crippen LogP contribution is 2.42. The lowest BCUT2D eigenvalue weighted by molar-refractivity contribution is -0.137. The number of guanidine groups is 2. The van der Waals surface area contributed by atoms with E-state index in [1.54, 1.807) is 11.0 Å². The van der Waals surface area contributed by atoms with Gasteiger partial charge in [0, 0.05) is 18.1 Å². The molecule has 148 valence electrons. The fourth-order valence-corrected chi connectivity index (χ4v) is 4.01. The molecule has 0 atom stereocenters. The van der Waals surface area contributed by atoms with E-state index in [0.29, 0.717) is 12.8 Å². The van der Waals surface area contributed by atoms with Crippen LogP contribution in [-0.4, -0.2) is 27.1 Å². The van der Waals surface area contributed by atoms with Crippen LogP contribution in [0.5, 0.6) is 0 Å². The average molecular weight is 391 g/mol. The van der Waals surface area contributed by atoms with Crippen LogP contribution in [0.25, 0.3) is 5.69 Å². The highest BCUT2D eigenvalue weighted by atomic mass is 19.4. The van der Waals surface area contributed by atoms with Gasteiger partial charge in [-0.3, -0.25) is 4.90 Å². The Morgan fingerprint density at radius 2 is 1.82 bits per heavy atom. The first-order chi connectivity index (χ1) is 13.3.